The maximum atomic E-state index is 10.3. The molecule has 62 valence electrons. The van der Waals surface area contributed by atoms with Crippen LogP contribution in [0.5, 0.6) is 0 Å². The van der Waals surface area contributed by atoms with Crippen LogP contribution in [0.3, 0.4) is 0 Å². The minimum absolute atomic E-state index is 0. The van der Waals surface area contributed by atoms with Gasteiger partial charge in [-0.15, -0.1) is 0 Å². The van der Waals surface area contributed by atoms with Crippen molar-refractivity contribution >= 4 is 5.91 Å². The first-order chi connectivity index (χ1) is 5.30. The Morgan fingerprint density at radius 1 is 1.64 bits per heavy atom. The number of nitrogens with two attached hydrogens (primary N) is 1. The van der Waals surface area contributed by atoms with E-state index in [1.165, 1.54) is 18.6 Å². The zero-order valence-corrected chi connectivity index (χ0v) is 6.61. The van der Waals surface area contributed by atoms with Gasteiger partial charge in [0.15, 0.2) is 0 Å². The first-order valence-electron chi connectivity index (χ1n) is 3.36. The molecule has 0 radical (unpaired) electrons. The highest BCUT2D eigenvalue weighted by Gasteiger charge is 1.96. The van der Waals surface area contributed by atoms with Crippen LogP contribution in [-0.4, -0.2) is 15.9 Å². The van der Waals surface area contributed by atoms with Crippen molar-refractivity contribution < 1.29 is 6.22 Å². The van der Waals surface area contributed by atoms with E-state index in [9.17, 15) is 4.79 Å². The van der Waals surface area contributed by atoms with E-state index in [1.54, 1.807) is 0 Å². The van der Waals surface area contributed by atoms with Crippen LogP contribution >= 0.6 is 0 Å². The molecule has 1 aromatic rings. The van der Waals surface area contributed by atoms with Crippen LogP contribution in [0.4, 0.5) is 0 Å². The molecule has 0 spiro atoms. The van der Waals surface area contributed by atoms with E-state index in [0.717, 1.165) is 0 Å². The molecule has 0 unspecified atom stereocenters. The van der Waals surface area contributed by atoms with Gasteiger partial charge in [-0.1, -0.05) is 13.8 Å². The molecule has 0 aliphatic heterocycles. The molecule has 0 saturated heterocycles. The summed E-state index contributed by atoms with van der Waals surface area (Å²) in [5.41, 5.74) is 5.13. The van der Waals surface area contributed by atoms with Crippen molar-refractivity contribution in [1.82, 2.24) is 9.97 Å². The van der Waals surface area contributed by atoms with Gasteiger partial charge in [-0.3, -0.25) is 4.79 Å². The molecule has 1 amide bonds. The minimum atomic E-state index is -0.530. The molecule has 0 aliphatic carbocycles. The second-order valence-corrected chi connectivity index (χ2v) is 1.46. The molecule has 0 atom stereocenters. The maximum absolute atomic E-state index is 10.3. The van der Waals surface area contributed by atoms with Crippen molar-refractivity contribution in [3.8, 4) is 0 Å². The van der Waals surface area contributed by atoms with Crippen molar-refractivity contribution in [2.45, 2.75) is 13.8 Å². The molecule has 4 nitrogen and oxygen atoms in total. The second kappa shape index (κ2) is 5.34. The van der Waals surface area contributed by atoms with E-state index in [2.05, 4.69) is 9.97 Å². The van der Waals surface area contributed by atoms with Crippen LogP contribution < -0.4 is 5.73 Å². The van der Waals surface area contributed by atoms with Gasteiger partial charge in [0.2, 0.25) is 0 Å². The molecule has 0 fully saturated rings. The van der Waals surface area contributed by atoms with Gasteiger partial charge in [-0.25, -0.2) is 9.97 Å². The third kappa shape index (κ3) is 3.30. The molecule has 0 aliphatic rings. The maximum Gasteiger partial charge on any atom is 0.267 e. The lowest BCUT2D eigenvalue weighted by atomic mass is 10.4. The predicted octanol–water partition coefficient (Wildman–Crippen LogP) is 0.848. The minimum Gasteiger partial charge on any atom is -0.364 e. The molecule has 2 N–H and O–H groups in total. The van der Waals surface area contributed by atoms with Crippen molar-refractivity contribution in [3.05, 3.63) is 24.3 Å². The Balaban J connectivity index is 0. The van der Waals surface area contributed by atoms with E-state index < -0.39 is 5.91 Å². The van der Waals surface area contributed by atoms with E-state index in [4.69, 9.17) is 5.73 Å². The molecule has 0 aromatic carbocycles. The van der Waals surface area contributed by atoms with Crippen LogP contribution in [-0.2, 0) is 0 Å². The average Bonchev–Trinajstić information content (AvgIpc) is 2.10. The van der Waals surface area contributed by atoms with Gasteiger partial charge in [-0.05, 0) is 6.07 Å². The van der Waals surface area contributed by atoms with Crippen LogP contribution in [0, 0.1) is 0 Å². The van der Waals surface area contributed by atoms with Gasteiger partial charge in [0.25, 0.3) is 5.91 Å². The van der Waals surface area contributed by atoms with Crippen molar-refractivity contribution in [1.29, 1.82) is 0 Å². The zero-order valence-electron chi connectivity index (χ0n) is 6.61. The Morgan fingerprint density at radius 3 is 2.55 bits per heavy atom. The first-order valence-corrected chi connectivity index (χ1v) is 3.36. The molecule has 0 bridgehead atoms. The summed E-state index contributed by atoms with van der Waals surface area (Å²) in [7, 11) is 0. The van der Waals surface area contributed by atoms with Gasteiger partial charge in [-0.2, -0.15) is 0 Å². The Morgan fingerprint density at radius 2 is 2.27 bits per heavy atom. The number of primary amides is 1. The summed E-state index contributed by atoms with van der Waals surface area (Å²) < 4.78 is 0. The van der Waals surface area contributed by atoms with Crippen LogP contribution in [0.1, 0.15) is 25.8 Å². The van der Waals surface area contributed by atoms with Crippen LogP contribution in [0.15, 0.2) is 18.6 Å². The number of nitrogens with zero attached hydrogens (tertiary/aromatic N) is 2. The summed E-state index contributed by atoms with van der Waals surface area (Å²) in [5, 5.41) is 0. The lowest BCUT2D eigenvalue weighted by Gasteiger charge is -1.87. The van der Waals surface area contributed by atoms with Gasteiger partial charge < -0.3 is 5.73 Å². The Labute approximate surface area is 67.0 Å². The van der Waals surface area contributed by atoms with Gasteiger partial charge in [0, 0.05) is 7.62 Å². The Hall–Kier alpha value is -1.45. The fourth-order valence-electron chi connectivity index (χ4n) is 0.436. The number of hydrogen-bond acceptors (Lipinski definition) is 3. The van der Waals surface area contributed by atoms with Gasteiger partial charge in [0.1, 0.15) is 12.0 Å². The monoisotopic (exact) mass is 155 g/mol. The number of rotatable bonds is 1. The number of carbonyl (C=O) groups is 1. The number of hydrogen-bond donors (Lipinski definition) is 1. The Bertz CT molecular complexity index is 215. The SMILES string of the molecule is CC.NC(=O)c1ccncn1.[HH]. The molecule has 4 heteroatoms. The largest absolute Gasteiger partial charge is 0.364 e. The van der Waals surface area contributed by atoms with Crippen molar-refractivity contribution in [2.75, 3.05) is 0 Å². The normalized spacial score (nSPS) is 7.82. The van der Waals surface area contributed by atoms with Gasteiger partial charge >= 0.3 is 0 Å². The fraction of sp³-hybridized carbons (Fsp3) is 0.286. The van der Waals surface area contributed by atoms with Crippen LogP contribution in [0.25, 0.3) is 0 Å². The highest BCUT2D eigenvalue weighted by Crippen LogP contribution is 1.85. The quantitative estimate of drug-likeness (QED) is 0.653. The standard InChI is InChI=1S/C5H5N3O.C2H6.H2/c6-5(9)4-1-2-7-3-8-4;1-2;/h1-3H,(H2,6,9);1-2H3;1H. The van der Waals surface area contributed by atoms with Crippen molar-refractivity contribution in [3.63, 3.8) is 0 Å². The molecule has 0 saturated carbocycles. The van der Waals surface area contributed by atoms with Crippen molar-refractivity contribution in [2.24, 2.45) is 5.73 Å². The summed E-state index contributed by atoms with van der Waals surface area (Å²) in [6, 6.07) is 1.46. The number of amides is 1. The summed E-state index contributed by atoms with van der Waals surface area (Å²) in [6.45, 7) is 4.00. The van der Waals surface area contributed by atoms with Gasteiger partial charge in [0.05, 0.1) is 0 Å². The molecule has 1 rings (SSSR count). The number of aromatic nitrogens is 2. The molecular formula is C7H13N3O. The highest BCUT2D eigenvalue weighted by atomic mass is 16.1. The molecule has 11 heavy (non-hydrogen) atoms. The lowest BCUT2D eigenvalue weighted by Crippen LogP contribution is -2.12. The predicted molar refractivity (Wildman–Crippen MR) is 44.0 cm³/mol. The second-order valence-electron chi connectivity index (χ2n) is 1.46. The highest BCUT2D eigenvalue weighted by molar-refractivity contribution is 5.90. The average molecular weight is 155 g/mol. The summed E-state index contributed by atoms with van der Waals surface area (Å²) in [4.78, 5) is 17.5. The van der Waals surface area contributed by atoms with E-state index in [-0.39, 0.29) is 7.12 Å². The summed E-state index contributed by atoms with van der Waals surface area (Å²) in [6.07, 6.45) is 2.74. The summed E-state index contributed by atoms with van der Waals surface area (Å²) in [5.74, 6) is -0.530. The summed E-state index contributed by atoms with van der Waals surface area (Å²) >= 11 is 0. The topological polar surface area (TPSA) is 68.9 Å². The smallest absolute Gasteiger partial charge is 0.267 e. The fourth-order valence-corrected chi connectivity index (χ4v) is 0.436. The zero-order chi connectivity index (χ0) is 8.69. The Kier molecular flexibility index (Phi) is 4.64. The third-order valence-electron chi connectivity index (χ3n) is 0.834. The molecular weight excluding hydrogens is 142 g/mol. The number of carbonyl (C=O) groups excluding carboxylic acids is 1. The van der Waals surface area contributed by atoms with Crippen LogP contribution in [0.2, 0.25) is 0 Å². The first kappa shape index (κ1) is 9.55. The lowest BCUT2D eigenvalue weighted by molar-refractivity contribution is 0.0995. The van der Waals surface area contributed by atoms with E-state index in [0.29, 0.717) is 0 Å². The molecule has 1 heterocycles. The third-order valence-corrected chi connectivity index (χ3v) is 0.834. The van der Waals surface area contributed by atoms with E-state index in [1.807, 2.05) is 13.8 Å². The molecule has 1 aromatic heterocycles. The van der Waals surface area contributed by atoms with E-state index >= 15 is 0 Å².